The van der Waals surface area contributed by atoms with Crippen molar-refractivity contribution in [2.75, 3.05) is 17.7 Å². The first-order valence-corrected chi connectivity index (χ1v) is 6.32. The molecule has 0 aliphatic rings. The average molecular weight is 270 g/mol. The molecule has 3 N–H and O–H groups in total. The number of anilines is 2. The molecule has 20 heavy (non-hydrogen) atoms. The number of hydrogen-bond acceptors (Lipinski definition) is 3. The molecular weight excluding hydrogens is 255 g/mol. The number of imidazole rings is 1. The lowest BCUT2D eigenvalue weighted by Crippen LogP contribution is -2.17. The normalized spacial score (nSPS) is 10.9. The first kappa shape index (κ1) is 12.5. The minimum absolute atomic E-state index is 0.244. The molecule has 2 aromatic carbocycles. The molecule has 5 heteroatoms. The molecule has 4 nitrogen and oxygen atoms in total. The van der Waals surface area contributed by atoms with E-state index in [1.54, 1.807) is 6.07 Å². The lowest BCUT2D eigenvalue weighted by atomic mass is 10.3. The number of benzene rings is 2. The summed E-state index contributed by atoms with van der Waals surface area (Å²) in [5.74, 6) is 0.573. The van der Waals surface area contributed by atoms with E-state index in [0.717, 1.165) is 22.5 Å². The molecule has 1 aromatic heterocycles. The summed E-state index contributed by atoms with van der Waals surface area (Å²) in [6, 6.07) is 12.1. The van der Waals surface area contributed by atoms with E-state index in [0.29, 0.717) is 12.2 Å². The molecule has 102 valence electrons. The lowest BCUT2D eigenvalue weighted by molar-refractivity contribution is 0.627. The standard InChI is InChI=1S/C15H15FN4/c1-20(12-4-2-3-10(16)7-12)9-15-18-13-6-5-11(17)8-14(13)19-15/h2-8H,9,17H2,1H3,(H,18,19). The predicted octanol–water partition coefficient (Wildman–Crippen LogP) is 2.92. The number of H-pyrrole nitrogens is 1. The summed E-state index contributed by atoms with van der Waals surface area (Å²) in [5, 5.41) is 0. The SMILES string of the molecule is CN(Cc1nc2ccc(N)cc2[nH]1)c1cccc(F)c1. The summed E-state index contributed by atoms with van der Waals surface area (Å²) >= 11 is 0. The summed E-state index contributed by atoms with van der Waals surface area (Å²) in [4.78, 5) is 9.66. The van der Waals surface area contributed by atoms with Crippen LogP contribution >= 0.6 is 0 Å². The molecule has 0 amide bonds. The zero-order valence-electron chi connectivity index (χ0n) is 11.1. The van der Waals surface area contributed by atoms with Crippen molar-refractivity contribution in [2.45, 2.75) is 6.54 Å². The van der Waals surface area contributed by atoms with Crippen LogP contribution in [0.4, 0.5) is 15.8 Å². The first-order valence-electron chi connectivity index (χ1n) is 6.32. The number of rotatable bonds is 3. The third-order valence-electron chi connectivity index (χ3n) is 3.19. The van der Waals surface area contributed by atoms with E-state index in [1.807, 2.05) is 36.2 Å². The van der Waals surface area contributed by atoms with Gasteiger partial charge in [-0.25, -0.2) is 9.37 Å². The van der Waals surface area contributed by atoms with Gasteiger partial charge >= 0.3 is 0 Å². The zero-order valence-corrected chi connectivity index (χ0v) is 11.1. The highest BCUT2D eigenvalue weighted by Crippen LogP contribution is 2.18. The van der Waals surface area contributed by atoms with Crippen LogP contribution in [0.3, 0.4) is 0 Å². The van der Waals surface area contributed by atoms with E-state index in [9.17, 15) is 4.39 Å². The van der Waals surface area contributed by atoms with E-state index in [2.05, 4.69) is 9.97 Å². The van der Waals surface area contributed by atoms with Crippen LogP contribution in [0.5, 0.6) is 0 Å². The molecule has 0 saturated heterocycles. The van der Waals surface area contributed by atoms with Crippen LogP contribution in [0, 0.1) is 5.82 Å². The first-order chi connectivity index (χ1) is 9.61. The van der Waals surface area contributed by atoms with Crippen LogP contribution in [-0.2, 0) is 6.54 Å². The highest BCUT2D eigenvalue weighted by Gasteiger charge is 2.07. The van der Waals surface area contributed by atoms with Gasteiger partial charge in [0, 0.05) is 18.4 Å². The molecule has 0 fully saturated rings. The Morgan fingerprint density at radius 3 is 2.90 bits per heavy atom. The summed E-state index contributed by atoms with van der Waals surface area (Å²) < 4.78 is 13.2. The van der Waals surface area contributed by atoms with Crippen LogP contribution in [0.2, 0.25) is 0 Å². The Kier molecular flexibility index (Phi) is 3.02. The molecule has 0 atom stereocenters. The smallest absolute Gasteiger partial charge is 0.126 e. The molecule has 1 heterocycles. The van der Waals surface area contributed by atoms with Gasteiger partial charge in [-0.1, -0.05) is 6.07 Å². The predicted molar refractivity (Wildman–Crippen MR) is 79.0 cm³/mol. The summed E-state index contributed by atoms with van der Waals surface area (Å²) in [7, 11) is 1.90. The molecule has 0 bridgehead atoms. The molecule has 0 radical (unpaired) electrons. The van der Waals surface area contributed by atoms with Crippen molar-refractivity contribution >= 4 is 22.4 Å². The van der Waals surface area contributed by atoms with E-state index < -0.39 is 0 Å². The van der Waals surface area contributed by atoms with E-state index in [-0.39, 0.29) is 5.82 Å². The number of hydrogen-bond donors (Lipinski definition) is 2. The minimum Gasteiger partial charge on any atom is -0.399 e. The fraction of sp³-hybridized carbons (Fsp3) is 0.133. The van der Waals surface area contributed by atoms with Crippen LogP contribution in [0.15, 0.2) is 42.5 Å². The van der Waals surface area contributed by atoms with Crippen molar-refractivity contribution in [1.29, 1.82) is 0 Å². The molecular formula is C15H15FN4. The fourth-order valence-corrected chi connectivity index (χ4v) is 2.18. The van der Waals surface area contributed by atoms with Gasteiger partial charge in [0.15, 0.2) is 0 Å². The van der Waals surface area contributed by atoms with Crippen molar-refractivity contribution < 1.29 is 4.39 Å². The second-order valence-electron chi connectivity index (χ2n) is 4.80. The second-order valence-corrected chi connectivity index (χ2v) is 4.80. The molecule has 0 unspecified atom stereocenters. The molecule has 0 aliphatic heterocycles. The van der Waals surface area contributed by atoms with Crippen LogP contribution in [-0.4, -0.2) is 17.0 Å². The zero-order chi connectivity index (χ0) is 14.1. The maximum absolute atomic E-state index is 13.2. The van der Waals surface area contributed by atoms with Gasteiger partial charge < -0.3 is 15.6 Å². The quantitative estimate of drug-likeness (QED) is 0.719. The Morgan fingerprint density at radius 2 is 2.10 bits per heavy atom. The van der Waals surface area contributed by atoms with Crippen molar-refractivity contribution in [3.63, 3.8) is 0 Å². The van der Waals surface area contributed by atoms with Crippen molar-refractivity contribution in [3.8, 4) is 0 Å². The minimum atomic E-state index is -0.244. The molecule has 0 saturated carbocycles. The highest BCUT2D eigenvalue weighted by molar-refractivity contribution is 5.78. The number of nitrogens with zero attached hydrogens (tertiary/aromatic N) is 2. The third kappa shape index (κ3) is 2.42. The van der Waals surface area contributed by atoms with Crippen LogP contribution in [0.1, 0.15) is 5.82 Å². The van der Waals surface area contributed by atoms with Gasteiger partial charge in [0.1, 0.15) is 11.6 Å². The third-order valence-corrected chi connectivity index (χ3v) is 3.19. The Labute approximate surface area is 116 Å². The number of nitrogen functional groups attached to an aromatic ring is 1. The lowest BCUT2D eigenvalue weighted by Gasteiger charge is -2.17. The Balaban J connectivity index is 1.85. The number of nitrogens with one attached hydrogen (secondary N) is 1. The molecule has 3 aromatic rings. The monoisotopic (exact) mass is 270 g/mol. The van der Waals surface area contributed by atoms with Gasteiger partial charge in [0.05, 0.1) is 17.6 Å². The number of fused-ring (bicyclic) bond motifs is 1. The van der Waals surface area contributed by atoms with Gasteiger partial charge in [-0.2, -0.15) is 0 Å². The fourth-order valence-electron chi connectivity index (χ4n) is 2.18. The molecule has 0 spiro atoms. The summed E-state index contributed by atoms with van der Waals surface area (Å²) in [5.41, 5.74) is 9.04. The number of nitrogens with two attached hydrogens (primary N) is 1. The molecule has 0 aliphatic carbocycles. The van der Waals surface area contributed by atoms with Gasteiger partial charge in [0.2, 0.25) is 0 Å². The Hall–Kier alpha value is -2.56. The van der Waals surface area contributed by atoms with Gasteiger partial charge in [-0.3, -0.25) is 0 Å². The molecule has 3 rings (SSSR count). The highest BCUT2D eigenvalue weighted by atomic mass is 19.1. The van der Waals surface area contributed by atoms with Gasteiger partial charge in [-0.05, 0) is 36.4 Å². The Bertz CT molecular complexity index is 750. The second kappa shape index (κ2) is 4.85. The van der Waals surface area contributed by atoms with E-state index in [1.165, 1.54) is 12.1 Å². The van der Waals surface area contributed by atoms with Gasteiger partial charge in [0.25, 0.3) is 0 Å². The van der Waals surface area contributed by atoms with E-state index in [4.69, 9.17) is 5.73 Å². The summed E-state index contributed by atoms with van der Waals surface area (Å²) in [6.07, 6.45) is 0. The van der Waals surface area contributed by atoms with Gasteiger partial charge in [-0.15, -0.1) is 0 Å². The number of halogens is 1. The van der Waals surface area contributed by atoms with Crippen molar-refractivity contribution in [2.24, 2.45) is 0 Å². The summed E-state index contributed by atoms with van der Waals surface area (Å²) in [6.45, 7) is 0.567. The maximum Gasteiger partial charge on any atom is 0.126 e. The largest absolute Gasteiger partial charge is 0.399 e. The number of aromatic nitrogens is 2. The topological polar surface area (TPSA) is 57.9 Å². The van der Waals surface area contributed by atoms with Crippen molar-refractivity contribution in [3.05, 3.63) is 54.1 Å². The van der Waals surface area contributed by atoms with E-state index >= 15 is 0 Å². The van der Waals surface area contributed by atoms with Crippen molar-refractivity contribution in [1.82, 2.24) is 9.97 Å². The number of aromatic amines is 1. The average Bonchev–Trinajstić information content (AvgIpc) is 2.80. The Morgan fingerprint density at radius 1 is 1.25 bits per heavy atom. The maximum atomic E-state index is 13.2. The van der Waals surface area contributed by atoms with Crippen LogP contribution in [0.25, 0.3) is 11.0 Å². The van der Waals surface area contributed by atoms with Crippen LogP contribution < -0.4 is 10.6 Å².